The number of aromatic nitrogens is 1. The number of likely N-dealkylation sites (tertiary alicyclic amines) is 1. The molecule has 0 radical (unpaired) electrons. The molecule has 128 valence electrons. The van der Waals surface area contributed by atoms with Gasteiger partial charge in [0.1, 0.15) is 0 Å². The van der Waals surface area contributed by atoms with E-state index in [9.17, 15) is 9.59 Å². The minimum atomic E-state index is -0.428. The molecule has 1 aliphatic rings. The van der Waals surface area contributed by atoms with E-state index in [4.69, 9.17) is 4.74 Å². The minimum Gasteiger partial charge on any atom is -0.465 e. The van der Waals surface area contributed by atoms with E-state index < -0.39 is 5.97 Å². The molecular weight excluding hydrogens is 304 g/mol. The topological polar surface area (TPSA) is 62.4 Å². The summed E-state index contributed by atoms with van der Waals surface area (Å²) in [6.07, 6.45) is 3.62. The van der Waals surface area contributed by atoms with Crippen molar-refractivity contribution >= 4 is 16.9 Å². The lowest BCUT2D eigenvalue weighted by Gasteiger charge is -2.33. The molecule has 2 aromatic rings. The summed E-state index contributed by atoms with van der Waals surface area (Å²) in [5.74, 6) is -0.428. The lowest BCUT2D eigenvalue weighted by molar-refractivity contribution is 0.0601. The standard InChI is InChI=1S/C19H24N2O3/c1-12-6-4-5-9-21(12)11-16-13(2)20-17-8-7-14(19(23)24-3)10-15(17)18(16)22/h7-8,10,12H,4-6,9,11H2,1-3H3,(H,20,22)/t12-/m0/s1. The zero-order chi connectivity index (χ0) is 17.3. The second kappa shape index (κ2) is 6.77. The van der Waals surface area contributed by atoms with Crippen LogP contribution < -0.4 is 5.43 Å². The molecule has 1 aliphatic heterocycles. The van der Waals surface area contributed by atoms with Crippen LogP contribution in [0.5, 0.6) is 0 Å². The van der Waals surface area contributed by atoms with Gasteiger partial charge in [0.2, 0.25) is 0 Å². The largest absolute Gasteiger partial charge is 0.465 e. The molecule has 0 saturated carbocycles. The SMILES string of the molecule is COC(=O)c1ccc2[nH]c(C)c(CN3CCCC[C@@H]3C)c(=O)c2c1. The molecule has 2 heterocycles. The fraction of sp³-hybridized carbons (Fsp3) is 0.474. The summed E-state index contributed by atoms with van der Waals surface area (Å²) in [7, 11) is 1.34. The molecule has 1 aromatic carbocycles. The van der Waals surface area contributed by atoms with E-state index in [0.717, 1.165) is 23.3 Å². The summed E-state index contributed by atoms with van der Waals surface area (Å²) in [5, 5.41) is 0.545. The zero-order valence-corrected chi connectivity index (χ0v) is 14.5. The van der Waals surface area contributed by atoms with Gasteiger partial charge < -0.3 is 9.72 Å². The highest BCUT2D eigenvalue weighted by Crippen LogP contribution is 2.20. The Morgan fingerprint density at radius 2 is 2.17 bits per heavy atom. The number of hydrogen-bond acceptors (Lipinski definition) is 4. The molecular formula is C19H24N2O3. The van der Waals surface area contributed by atoms with Gasteiger partial charge in [0.15, 0.2) is 5.43 Å². The molecule has 0 spiro atoms. The van der Waals surface area contributed by atoms with Crippen molar-refractivity contribution in [2.75, 3.05) is 13.7 Å². The normalized spacial score (nSPS) is 18.7. The van der Waals surface area contributed by atoms with Crippen molar-refractivity contribution in [2.24, 2.45) is 0 Å². The van der Waals surface area contributed by atoms with E-state index in [1.54, 1.807) is 18.2 Å². The highest BCUT2D eigenvalue weighted by molar-refractivity contribution is 5.94. The Kier molecular flexibility index (Phi) is 4.71. The molecule has 5 heteroatoms. The van der Waals surface area contributed by atoms with Gasteiger partial charge in [0, 0.05) is 34.7 Å². The predicted octanol–water partition coefficient (Wildman–Crippen LogP) is 3.00. The lowest BCUT2D eigenvalue weighted by Crippen LogP contribution is -2.38. The average Bonchev–Trinajstić information content (AvgIpc) is 2.59. The van der Waals surface area contributed by atoms with Crippen LogP contribution >= 0.6 is 0 Å². The van der Waals surface area contributed by atoms with Crippen molar-refractivity contribution in [2.45, 2.75) is 45.7 Å². The fourth-order valence-corrected chi connectivity index (χ4v) is 3.48. The van der Waals surface area contributed by atoms with Crippen LogP contribution in [-0.4, -0.2) is 35.5 Å². The molecule has 3 rings (SSSR count). The van der Waals surface area contributed by atoms with Gasteiger partial charge in [-0.25, -0.2) is 4.79 Å². The number of hydrogen-bond donors (Lipinski definition) is 1. The predicted molar refractivity (Wildman–Crippen MR) is 94.4 cm³/mol. The van der Waals surface area contributed by atoms with Crippen LogP contribution in [0.3, 0.4) is 0 Å². The fourth-order valence-electron chi connectivity index (χ4n) is 3.48. The van der Waals surface area contributed by atoms with Crippen LogP contribution in [0, 0.1) is 6.92 Å². The van der Waals surface area contributed by atoms with E-state index in [0.29, 0.717) is 23.5 Å². The maximum Gasteiger partial charge on any atom is 0.337 e. The zero-order valence-electron chi connectivity index (χ0n) is 14.5. The maximum atomic E-state index is 13.0. The van der Waals surface area contributed by atoms with Crippen molar-refractivity contribution in [3.63, 3.8) is 0 Å². The van der Waals surface area contributed by atoms with Crippen molar-refractivity contribution in [3.05, 3.63) is 45.2 Å². The lowest BCUT2D eigenvalue weighted by atomic mass is 10.0. The number of ether oxygens (including phenoxy) is 1. The van der Waals surface area contributed by atoms with Crippen LogP contribution in [0.2, 0.25) is 0 Å². The first-order chi connectivity index (χ1) is 11.5. The Balaban J connectivity index is 2.04. The van der Waals surface area contributed by atoms with Gasteiger partial charge in [-0.3, -0.25) is 9.69 Å². The van der Waals surface area contributed by atoms with Crippen molar-refractivity contribution in [1.82, 2.24) is 9.88 Å². The second-order valence-corrected chi connectivity index (χ2v) is 6.62. The first kappa shape index (κ1) is 16.7. The van der Waals surface area contributed by atoms with Crippen molar-refractivity contribution in [3.8, 4) is 0 Å². The highest BCUT2D eigenvalue weighted by atomic mass is 16.5. The number of rotatable bonds is 3. The summed E-state index contributed by atoms with van der Waals surface area (Å²) in [6, 6.07) is 5.57. The van der Waals surface area contributed by atoms with Gasteiger partial charge >= 0.3 is 5.97 Å². The number of H-pyrrole nitrogens is 1. The molecule has 1 atom stereocenters. The van der Waals surface area contributed by atoms with Gasteiger partial charge in [-0.15, -0.1) is 0 Å². The summed E-state index contributed by atoms with van der Waals surface area (Å²) >= 11 is 0. The molecule has 1 N–H and O–H groups in total. The Hall–Kier alpha value is -2.14. The monoisotopic (exact) mass is 328 g/mol. The number of nitrogens with one attached hydrogen (secondary N) is 1. The van der Waals surface area contributed by atoms with Crippen LogP contribution in [0.1, 0.15) is 47.8 Å². The Morgan fingerprint density at radius 3 is 2.88 bits per heavy atom. The summed E-state index contributed by atoms with van der Waals surface area (Å²) in [5.41, 5.74) is 2.84. The quantitative estimate of drug-likeness (QED) is 0.880. The average molecular weight is 328 g/mol. The number of aryl methyl sites for hydroxylation is 1. The van der Waals surface area contributed by atoms with Crippen LogP contribution in [0.25, 0.3) is 10.9 Å². The van der Waals surface area contributed by atoms with Crippen LogP contribution in [0.4, 0.5) is 0 Å². The van der Waals surface area contributed by atoms with Crippen LogP contribution in [-0.2, 0) is 11.3 Å². The van der Waals surface area contributed by atoms with Crippen molar-refractivity contribution in [1.29, 1.82) is 0 Å². The number of benzene rings is 1. The van der Waals surface area contributed by atoms with E-state index >= 15 is 0 Å². The molecule has 24 heavy (non-hydrogen) atoms. The number of carbonyl (C=O) groups is 1. The van der Waals surface area contributed by atoms with Gasteiger partial charge in [-0.05, 0) is 51.4 Å². The first-order valence-electron chi connectivity index (χ1n) is 8.49. The molecule has 5 nitrogen and oxygen atoms in total. The molecule has 1 aromatic heterocycles. The van der Waals surface area contributed by atoms with Gasteiger partial charge in [0.25, 0.3) is 0 Å². The Bertz CT molecular complexity index is 825. The summed E-state index contributed by atoms with van der Waals surface area (Å²) in [6.45, 7) is 5.85. The minimum absolute atomic E-state index is 0.00442. The molecule has 0 aliphatic carbocycles. The van der Waals surface area contributed by atoms with Gasteiger partial charge in [-0.1, -0.05) is 6.42 Å². The van der Waals surface area contributed by atoms with E-state index in [-0.39, 0.29) is 5.43 Å². The van der Waals surface area contributed by atoms with Crippen LogP contribution in [0.15, 0.2) is 23.0 Å². The molecule has 1 fully saturated rings. The number of esters is 1. The molecule has 0 unspecified atom stereocenters. The Morgan fingerprint density at radius 1 is 1.38 bits per heavy atom. The third kappa shape index (κ3) is 3.08. The third-order valence-electron chi connectivity index (χ3n) is 5.04. The smallest absolute Gasteiger partial charge is 0.337 e. The number of aromatic amines is 1. The number of methoxy groups -OCH3 is 1. The molecule has 0 bridgehead atoms. The number of pyridine rings is 1. The van der Waals surface area contributed by atoms with E-state index in [1.807, 2.05) is 6.92 Å². The Labute approximate surface area is 141 Å². The second-order valence-electron chi connectivity index (χ2n) is 6.62. The number of nitrogens with zero attached hydrogens (tertiary/aromatic N) is 1. The van der Waals surface area contributed by atoms with Gasteiger partial charge in [0.05, 0.1) is 12.7 Å². The van der Waals surface area contributed by atoms with E-state index in [1.165, 1.54) is 26.4 Å². The highest BCUT2D eigenvalue weighted by Gasteiger charge is 2.21. The summed E-state index contributed by atoms with van der Waals surface area (Å²) in [4.78, 5) is 30.4. The molecule has 1 saturated heterocycles. The molecule has 0 amide bonds. The number of piperidine rings is 1. The number of carbonyl (C=O) groups excluding carboxylic acids is 1. The van der Waals surface area contributed by atoms with Crippen molar-refractivity contribution < 1.29 is 9.53 Å². The van der Waals surface area contributed by atoms with E-state index in [2.05, 4.69) is 16.8 Å². The van der Waals surface area contributed by atoms with Gasteiger partial charge in [-0.2, -0.15) is 0 Å². The maximum absolute atomic E-state index is 13.0. The first-order valence-corrected chi connectivity index (χ1v) is 8.49. The summed E-state index contributed by atoms with van der Waals surface area (Å²) < 4.78 is 4.76. The number of fused-ring (bicyclic) bond motifs is 1. The third-order valence-corrected chi connectivity index (χ3v) is 5.04.